The van der Waals surface area contributed by atoms with E-state index in [9.17, 15) is 5.11 Å². The van der Waals surface area contributed by atoms with Gasteiger partial charge in [0.2, 0.25) is 0 Å². The second-order valence-electron chi connectivity index (χ2n) is 4.96. The Morgan fingerprint density at radius 1 is 1.06 bits per heavy atom. The number of aryl methyl sites for hydroxylation is 2. The SMILES string of the molecule is OC(Cc1ccncc1)c1ccc2c(c1)CCC2. The van der Waals surface area contributed by atoms with Crippen LogP contribution in [0, 0.1) is 0 Å². The van der Waals surface area contributed by atoms with Crippen LogP contribution in [0.4, 0.5) is 0 Å². The molecule has 1 atom stereocenters. The molecule has 18 heavy (non-hydrogen) atoms. The molecule has 2 aromatic rings. The molecule has 0 saturated carbocycles. The Balaban J connectivity index is 1.78. The lowest BCUT2D eigenvalue weighted by molar-refractivity contribution is 0.178. The third-order valence-electron chi connectivity index (χ3n) is 3.69. The lowest BCUT2D eigenvalue weighted by atomic mass is 9.98. The van der Waals surface area contributed by atoms with Gasteiger partial charge in [0.1, 0.15) is 0 Å². The van der Waals surface area contributed by atoms with Gasteiger partial charge in [0.15, 0.2) is 0 Å². The van der Waals surface area contributed by atoms with Gasteiger partial charge in [0.05, 0.1) is 6.10 Å². The van der Waals surface area contributed by atoms with Crippen molar-refractivity contribution in [1.29, 1.82) is 0 Å². The Bertz CT molecular complexity index is 536. The number of hydrogen-bond donors (Lipinski definition) is 1. The molecule has 1 aliphatic rings. The fraction of sp³-hybridized carbons (Fsp3) is 0.312. The summed E-state index contributed by atoms with van der Waals surface area (Å²) >= 11 is 0. The van der Waals surface area contributed by atoms with Gasteiger partial charge >= 0.3 is 0 Å². The standard InChI is InChI=1S/C16H17NO/c18-16(10-12-6-8-17-9-7-12)15-5-4-13-2-1-3-14(13)11-15/h4-9,11,16,18H,1-3,10H2. The van der Waals surface area contributed by atoms with Crippen LogP contribution in [0.25, 0.3) is 0 Å². The summed E-state index contributed by atoms with van der Waals surface area (Å²) in [6, 6.07) is 10.3. The van der Waals surface area contributed by atoms with Gasteiger partial charge in [-0.25, -0.2) is 0 Å². The molecule has 1 heterocycles. The van der Waals surface area contributed by atoms with Crippen molar-refractivity contribution < 1.29 is 5.11 Å². The monoisotopic (exact) mass is 239 g/mol. The van der Waals surface area contributed by atoms with Crippen molar-refractivity contribution >= 4 is 0 Å². The molecule has 0 aliphatic heterocycles. The number of hydrogen-bond acceptors (Lipinski definition) is 2. The molecular weight excluding hydrogens is 222 g/mol. The topological polar surface area (TPSA) is 33.1 Å². The van der Waals surface area contributed by atoms with E-state index in [4.69, 9.17) is 0 Å². The molecule has 0 saturated heterocycles. The maximum atomic E-state index is 10.3. The first-order valence-corrected chi connectivity index (χ1v) is 6.51. The van der Waals surface area contributed by atoms with Gasteiger partial charge in [0.25, 0.3) is 0 Å². The van der Waals surface area contributed by atoms with Crippen LogP contribution in [0.1, 0.15) is 34.8 Å². The Morgan fingerprint density at radius 2 is 1.83 bits per heavy atom. The summed E-state index contributed by atoms with van der Waals surface area (Å²) in [5.41, 5.74) is 5.03. The zero-order valence-corrected chi connectivity index (χ0v) is 10.3. The van der Waals surface area contributed by atoms with Crippen molar-refractivity contribution in [2.75, 3.05) is 0 Å². The quantitative estimate of drug-likeness (QED) is 0.893. The number of aliphatic hydroxyl groups excluding tert-OH is 1. The van der Waals surface area contributed by atoms with Gasteiger partial charge in [0, 0.05) is 18.8 Å². The van der Waals surface area contributed by atoms with E-state index < -0.39 is 6.10 Å². The van der Waals surface area contributed by atoms with Gasteiger partial charge < -0.3 is 5.11 Å². The minimum absolute atomic E-state index is 0.418. The highest BCUT2D eigenvalue weighted by Crippen LogP contribution is 2.26. The van der Waals surface area contributed by atoms with Gasteiger partial charge in [-0.15, -0.1) is 0 Å². The highest BCUT2D eigenvalue weighted by molar-refractivity contribution is 5.36. The van der Waals surface area contributed by atoms with Gasteiger partial charge in [-0.2, -0.15) is 0 Å². The number of nitrogens with zero attached hydrogens (tertiary/aromatic N) is 1. The van der Waals surface area contributed by atoms with Crippen molar-refractivity contribution in [1.82, 2.24) is 4.98 Å². The molecule has 0 bridgehead atoms. The van der Waals surface area contributed by atoms with Gasteiger partial charge in [-0.3, -0.25) is 4.98 Å². The van der Waals surface area contributed by atoms with Crippen molar-refractivity contribution in [3.05, 3.63) is 65.0 Å². The first-order chi connectivity index (χ1) is 8.83. The first kappa shape index (κ1) is 11.4. The fourth-order valence-electron chi connectivity index (χ4n) is 2.66. The Morgan fingerprint density at radius 3 is 2.67 bits per heavy atom. The van der Waals surface area contributed by atoms with Crippen LogP contribution in [0.3, 0.4) is 0 Å². The highest BCUT2D eigenvalue weighted by Gasteiger charge is 2.14. The van der Waals surface area contributed by atoms with Crippen molar-refractivity contribution in [3.63, 3.8) is 0 Å². The number of aliphatic hydroxyl groups is 1. The lowest BCUT2D eigenvalue weighted by Gasteiger charge is -2.12. The minimum atomic E-state index is -0.418. The summed E-state index contributed by atoms with van der Waals surface area (Å²) in [5, 5.41) is 10.3. The predicted molar refractivity (Wildman–Crippen MR) is 71.4 cm³/mol. The van der Waals surface area contributed by atoms with Crippen LogP contribution in [0.2, 0.25) is 0 Å². The average Bonchev–Trinajstić information content (AvgIpc) is 2.87. The van der Waals surface area contributed by atoms with Crippen LogP contribution < -0.4 is 0 Å². The van der Waals surface area contributed by atoms with E-state index in [2.05, 4.69) is 23.2 Å². The van der Waals surface area contributed by atoms with Crippen LogP contribution >= 0.6 is 0 Å². The Labute approximate surface area is 107 Å². The third kappa shape index (κ3) is 2.29. The van der Waals surface area contributed by atoms with E-state index >= 15 is 0 Å². The van der Waals surface area contributed by atoms with E-state index in [1.807, 2.05) is 12.1 Å². The molecule has 2 nitrogen and oxygen atoms in total. The van der Waals surface area contributed by atoms with E-state index in [1.165, 1.54) is 24.0 Å². The number of aromatic nitrogens is 1. The van der Waals surface area contributed by atoms with Crippen molar-refractivity contribution in [2.45, 2.75) is 31.8 Å². The molecule has 0 spiro atoms. The van der Waals surface area contributed by atoms with Gasteiger partial charge in [-0.1, -0.05) is 18.2 Å². The highest BCUT2D eigenvalue weighted by atomic mass is 16.3. The molecule has 1 unspecified atom stereocenters. The second kappa shape index (κ2) is 4.91. The first-order valence-electron chi connectivity index (χ1n) is 6.51. The van der Waals surface area contributed by atoms with Gasteiger partial charge in [-0.05, 0) is 53.6 Å². The summed E-state index contributed by atoms with van der Waals surface area (Å²) in [6.07, 6.45) is 7.37. The van der Waals surface area contributed by atoms with Crippen LogP contribution in [0.5, 0.6) is 0 Å². The molecular formula is C16H17NO. The fourth-order valence-corrected chi connectivity index (χ4v) is 2.66. The molecule has 0 fully saturated rings. The number of fused-ring (bicyclic) bond motifs is 1. The number of rotatable bonds is 3. The van der Waals surface area contributed by atoms with Crippen LogP contribution in [-0.2, 0) is 19.3 Å². The Hall–Kier alpha value is -1.67. The maximum absolute atomic E-state index is 10.3. The van der Waals surface area contributed by atoms with E-state index in [-0.39, 0.29) is 0 Å². The summed E-state index contributed by atoms with van der Waals surface area (Å²) in [5.74, 6) is 0. The molecule has 1 aromatic heterocycles. The van der Waals surface area contributed by atoms with Crippen LogP contribution in [0.15, 0.2) is 42.7 Å². The van der Waals surface area contributed by atoms with E-state index in [0.717, 1.165) is 17.5 Å². The molecule has 92 valence electrons. The summed E-state index contributed by atoms with van der Waals surface area (Å²) in [6.45, 7) is 0. The zero-order valence-electron chi connectivity index (χ0n) is 10.3. The molecule has 1 aromatic carbocycles. The minimum Gasteiger partial charge on any atom is -0.388 e. The molecule has 0 amide bonds. The summed E-state index contributed by atoms with van der Waals surface area (Å²) in [4.78, 5) is 3.99. The summed E-state index contributed by atoms with van der Waals surface area (Å²) in [7, 11) is 0. The lowest BCUT2D eigenvalue weighted by Crippen LogP contribution is -2.02. The van der Waals surface area contributed by atoms with E-state index in [0.29, 0.717) is 6.42 Å². The predicted octanol–water partition coefficient (Wildman–Crippen LogP) is 2.85. The summed E-state index contributed by atoms with van der Waals surface area (Å²) < 4.78 is 0. The van der Waals surface area contributed by atoms with E-state index in [1.54, 1.807) is 12.4 Å². The molecule has 1 N–H and O–H groups in total. The smallest absolute Gasteiger partial charge is 0.0830 e. The molecule has 1 aliphatic carbocycles. The van der Waals surface area contributed by atoms with Crippen molar-refractivity contribution in [3.8, 4) is 0 Å². The molecule has 2 heteroatoms. The van der Waals surface area contributed by atoms with Crippen LogP contribution in [-0.4, -0.2) is 10.1 Å². The molecule has 3 rings (SSSR count). The second-order valence-corrected chi connectivity index (χ2v) is 4.96. The zero-order chi connectivity index (χ0) is 12.4. The number of pyridine rings is 1. The normalized spacial score (nSPS) is 15.4. The largest absolute Gasteiger partial charge is 0.388 e. The maximum Gasteiger partial charge on any atom is 0.0830 e. The Kier molecular flexibility index (Phi) is 3.11. The number of benzene rings is 1. The average molecular weight is 239 g/mol. The van der Waals surface area contributed by atoms with Crippen molar-refractivity contribution in [2.24, 2.45) is 0 Å². The molecule has 0 radical (unpaired) electrons. The third-order valence-corrected chi connectivity index (χ3v) is 3.69.